The molecule has 0 aliphatic rings. The molecule has 2 rings (SSSR count). The van der Waals surface area contributed by atoms with Gasteiger partial charge in [0.05, 0.1) is 0 Å². The topological polar surface area (TPSA) is 18.5 Å². The Labute approximate surface area is 129 Å². The summed E-state index contributed by atoms with van der Waals surface area (Å²) < 4.78 is 12.3. The first-order valence-electron chi connectivity index (χ1n) is 7.28. The van der Waals surface area contributed by atoms with Gasteiger partial charge in [-0.15, -0.1) is 0 Å². The second-order valence-electron chi connectivity index (χ2n) is 6.25. The minimum atomic E-state index is -2.28. The van der Waals surface area contributed by atoms with Crippen molar-refractivity contribution in [1.82, 2.24) is 0 Å². The van der Waals surface area contributed by atoms with E-state index in [-0.39, 0.29) is 0 Å². The van der Waals surface area contributed by atoms with Crippen LogP contribution in [-0.2, 0) is 0 Å². The standard InChI is InChI=1S/C18H24O2Si/c1-13-7-14(2)10-17(9-13)19-21(5,6)20-18-11-15(3)8-16(4)12-18/h7-12H,1-6H3. The van der Waals surface area contributed by atoms with Crippen molar-refractivity contribution < 1.29 is 8.85 Å². The van der Waals surface area contributed by atoms with E-state index in [4.69, 9.17) is 8.85 Å². The zero-order valence-corrected chi connectivity index (χ0v) is 14.8. The Bertz CT molecular complexity index is 552. The van der Waals surface area contributed by atoms with Crippen molar-refractivity contribution in [1.29, 1.82) is 0 Å². The molecule has 0 saturated carbocycles. The van der Waals surface area contributed by atoms with Crippen molar-refractivity contribution >= 4 is 8.56 Å². The molecule has 2 nitrogen and oxygen atoms in total. The Morgan fingerprint density at radius 3 is 1.14 bits per heavy atom. The van der Waals surface area contributed by atoms with Crippen LogP contribution in [0.1, 0.15) is 22.3 Å². The zero-order valence-electron chi connectivity index (χ0n) is 13.8. The summed E-state index contributed by atoms with van der Waals surface area (Å²) in [7, 11) is -2.28. The second-order valence-corrected chi connectivity index (χ2v) is 9.46. The molecule has 21 heavy (non-hydrogen) atoms. The third kappa shape index (κ3) is 4.64. The average molecular weight is 300 g/mol. The molecule has 0 aliphatic carbocycles. The zero-order chi connectivity index (χ0) is 15.6. The Balaban J connectivity index is 2.17. The highest BCUT2D eigenvalue weighted by atomic mass is 28.4. The van der Waals surface area contributed by atoms with Crippen LogP contribution in [0.5, 0.6) is 11.5 Å². The lowest BCUT2D eigenvalue weighted by atomic mass is 10.1. The quantitative estimate of drug-likeness (QED) is 0.733. The van der Waals surface area contributed by atoms with Crippen LogP contribution in [0.3, 0.4) is 0 Å². The Hall–Kier alpha value is -1.74. The first kappa shape index (κ1) is 15.6. The number of aryl methyl sites for hydroxylation is 4. The van der Waals surface area contributed by atoms with E-state index in [1.54, 1.807) is 0 Å². The van der Waals surface area contributed by atoms with E-state index in [2.05, 4.69) is 77.2 Å². The molecular formula is C18H24O2Si. The molecule has 0 heterocycles. The van der Waals surface area contributed by atoms with Crippen molar-refractivity contribution in [3.8, 4) is 11.5 Å². The number of hydrogen-bond donors (Lipinski definition) is 0. The average Bonchev–Trinajstić information content (AvgIpc) is 2.23. The monoisotopic (exact) mass is 300 g/mol. The summed E-state index contributed by atoms with van der Waals surface area (Å²) in [4.78, 5) is 0. The lowest BCUT2D eigenvalue weighted by Crippen LogP contribution is -2.41. The summed E-state index contributed by atoms with van der Waals surface area (Å²) in [6.07, 6.45) is 0. The lowest BCUT2D eigenvalue weighted by Gasteiger charge is -2.25. The van der Waals surface area contributed by atoms with E-state index in [1.165, 1.54) is 22.3 Å². The van der Waals surface area contributed by atoms with Gasteiger partial charge in [-0.3, -0.25) is 0 Å². The van der Waals surface area contributed by atoms with Crippen LogP contribution < -0.4 is 8.85 Å². The van der Waals surface area contributed by atoms with Gasteiger partial charge in [-0.25, -0.2) is 0 Å². The fourth-order valence-corrected chi connectivity index (χ4v) is 3.98. The minimum Gasteiger partial charge on any atom is -0.512 e. The first-order valence-corrected chi connectivity index (χ1v) is 10.1. The molecule has 0 aromatic heterocycles. The van der Waals surface area contributed by atoms with Crippen LogP contribution in [0, 0.1) is 27.7 Å². The molecular weight excluding hydrogens is 276 g/mol. The molecule has 0 radical (unpaired) electrons. The van der Waals surface area contributed by atoms with Gasteiger partial charge in [-0.05, 0) is 74.2 Å². The first-order chi connectivity index (χ1) is 9.73. The van der Waals surface area contributed by atoms with Crippen LogP contribution >= 0.6 is 0 Å². The van der Waals surface area contributed by atoms with Gasteiger partial charge in [-0.1, -0.05) is 12.1 Å². The predicted molar refractivity (Wildman–Crippen MR) is 90.6 cm³/mol. The Morgan fingerprint density at radius 2 is 0.857 bits per heavy atom. The number of benzene rings is 2. The molecule has 2 aromatic carbocycles. The maximum absolute atomic E-state index is 6.16. The molecule has 0 N–H and O–H groups in total. The molecule has 0 bridgehead atoms. The van der Waals surface area contributed by atoms with Crippen molar-refractivity contribution in [2.75, 3.05) is 0 Å². The van der Waals surface area contributed by atoms with E-state index in [9.17, 15) is 0 Å². The smallest absolute Gasteiger partial charge is 0.454 e. The van der Waals surface area contributed by atoms with Crippen LogP contribution in [-0.4, -0.2) is 8.56 Å². The van der Waals surface area contributed by atoms with Crippen molar-refractivity contribution in [2.45, 2.75) is 40.8 Å². The minimum absolute atomic E-state index is 0.897. The molecule has 0 amide bonds. The van der Waals surface area contributed by atoms with Gasteiger partial charge in [0.2, 0.25) is 0 Å². The van der Waals surface area contributed by atoms with Gasteiger partial charge in [0.25, 0.3) is 0 Å². The largest absolute Gasteiger partial charge is 0.512 e. The van der Waals surface area contributed by atoms with Crippen LogP contribution in [0.4, 0.5) is 0 Å². The maximum atomic E-state index is 6.16. The summed E-state index contributed by atoms with van der Waals surface area (Å²) >= 11 is 0. The maximum Gasteiger partial charge on any atom is 0.454 e. The predicted octanol–water partition coefficient (Wildman–Crippen LogP) is 5.08. The fourth-order valence-electron chi connectivity index (χ4n) is 2.57. The van der Waals surface area contributed by atoms with Gasteiger partial charge in [0, 0.05) is 13.1 Å². The number of rotatable bonds is 4. The van der Waals surface area contributed by atoms with Crippen molar-refractivity contribution in [3.63, 3.8) is 0 Å². The molecule has 0 fully saturated rings. The van der Waals surface area contributed by atoms with E-state index < -0.39 is 8.56 Å². The van der Waals surface area contributed by atoms with Gasteiger partial charge < -0.3 is 8.85 Å². The highest BCUT2D eigenvalue weighted by Crippen LogP contribution is 2.24. The Morgan fingerprint density at radius 1 is 0.571 bits per heavy atom. The summed E-state index contributed by atoms with van der Waals surface area (Å²) in [6.45, 7) is 12.5. The van der Waals surface area contributed by atoms with E-state index in [1.807, 2.05) is 0 Å². The molecule has 0 atom stereocenters. The van der Waals surface area contributed by atoms with Crippen LogP contribution in [0.15, 0.2) is 36.4 Å². The molecule has 0 unspecified atom stereocenters. The van der Waals surface area contributed by atoms with Crippen molar-refractivity contribution in [2.24, 2.45) is 0 Å². The molecule has 3 heteroatoms. The summed E-state index contributed by atoms with van der Waals surface area (Å²) in [6, 6.07) is 12.5. The van der Waals surface area contributed by atoms with E-state index >= 15 is 0 Å². The summed E-state index contributed by atoms with van der Waals surface area (Å²) in [5.74, 6) is 1.79. The fraction of sp³-hybridized carbons (Fsp3) is 0.333. The highest BCUT2D eigenvalue weighted by Gasteiger charge is 2.29. The Kier molecular flexibility index (Phi) is 4.42. The van der Waals surface area contributed by atoms with Gasteiger partial charge in [-0.2, -0.15) is 0 Å². The summed E-state index contributed by atoms with van der Waals surface area (Å²) in [5, 5.41) is 0. The molecule has 112 valence electrons. The molecule has 0 saturated heterocycles. The summed E-state index contributed by atoms with van der Waals surface area (Å²) in [5.41, 5.74) is 4.84. The van der Waals surface area contributed by atoms with E-state index in [0.717, 1.165) is 11.5 Å². The third-order valence-electron chi connectivity index (χ3n) is 3.12. The normalized spacial score (nSPS) is 11.3. The molecule has 0 aliphatic heterocycles. The number of hydrogen-bond acceptors (Lipinski definition) is 2. The highest BCUT2D eigenvalue weighted by molar-refractivity contribution is 6.66. The van der Waals surface area contributed by atoms with Crippen molar-refractivity contribution in [3.05, 3.63) is 58.7 Å². The van der Waals surface area contributed by atoms with Gasteiger partial charge in [0.1, 0.15) is 11.5 Å². The van der Waals surface area contributed by atoms with Gasteiger partial charge in [0.15, 0.2) is 0 Å². The van der Waals surface area contributed by atoms with Gasteiger partial charge >= 0.3 is 8.56 Å². The molecule has 0 spiro atoms. The lowest BCUT2D eigenvalue weighted by molar-refractivity contribution is 0.399. The second kappa shape index (κ2) is 5.94. The van der Waals surface area contributed by atoms with E-state index in [0.29, 0.717) is 0 Å². The molecule has 2 aromatic rings. The third-order valence-corrected chi connectivity index (χ3v) is 4.57. The van der Waals surface area contributed by atoms with Crippen LogP contribution in [0.25, 0.3) is 0 Å². The van der Waals surface area contributed by atoms with Crippen LogP contribution in [0.2, 0.25) is 13.1 Å². The SMILES string of the molecule is Cc1cc(C)cc(O[Si](C)(C)Oc2cc(C)cc(C)c2)c1.